The average Bonchev–Trinajstić information content (AvgIpc) is 2.65. The van der Waals surface area contributed by atoms with Crippen LogP contribution < -0.4 is 16.0 Å². The fourth-order valence-corrected chi connectivity index (χ4v) is 3.11. The number of piperidine rings is 1. The van der Waals surface area contributed by atoms with E-state index in [9.17, 15) is 18.0 Å². The lowest BCUT2D eigenvalue weighted by atomic mass is 9.86. The van der Waals surface area contributed by atoms with Gasteiger partial charge >= 0.3 is 0 Å². The third-order valence-electron chi connectivity index (χ3n) is 4.56. The number of carbonyl (C=O) groups excluding carboxylic acids is 1. The molecule has 3 rings (SSSR count). The molecule has 7 heteroatoms. The van der Waals surface area contributed by atoms with Crippen molar-refractivity contribution < 1.29 is 18.0 Å². The van der Waals surface area contributed by atoms with Crippen molar-refractivity contribution in [1.82, 2.24) is 10.6 Å². The Morgan fingerprint density at radius 1 is 1.04 bits per heavy atom. The molecule has 3 N–H and O–H groups in total. The molecule has 138 valence electrons. The maximum Gasteiger partial charge on any atom is 0.246 e. The normalized spacial score (nSPS) is 16.1. The molecule has 1 heterocycles. The molecule has 1 fully saturated rings. The van der Waals surface area contributed by atoms with Gasteiger partial charge in [-0.15, -0.1) is 0 Å². The zero-order valence-electron chi connectivity index (χ0n) is 14.1. The molecule has 0 aliphatic carbocycles. The minimum Gasteiger partial charge on any atom is -0.371 e. The van der Waals surface area contributed by atoms with Gasteiger partial charge in [0.2, 0.25) is 5.91 Å². The van der Waals surface area contributed by atoms with E-state index in [0.29, 0.717) is 32.5 Å². The van der Waals surface area contributed by atoms with Crippen molar-refractivity contribution in [2.45, 2.75) is 24.9 Å². The van der Waals surface area contributed by atoms with Gasteiger partial charge in [-0.3, -0.25) is 4.79 Å². The first kappa shape index (κ1) is 18.3. The van der Waals surface area contributed by atoms with Gasteiger partial charge in [0.15, 0.2) is 17.5 Å². The molecule has 0 spiro atoms. The van der Waals surface area contributed by atoms with E-state index in [1.807, 2.05) is 30.3 Å². The van der Waals surface area contributed by atoms with Gasteiger partial charge in [-0.05, 0) is 31.5 Å². The van der Waals surface area contributed by atoms with Crippen molar-refractivity contribution in [1.29, 1.82) is 0 Å². The number of halogens is 3. The van der Waals surface area contributed by atoms with Crippen molar-refractivity contribution in [3.8, 4) is 0 Å². The van der Waals surface area contributed by atoms with Gasteiger partial charge in [-0.2, -0.15) is 0 Å². The van der Waals surface area contributed by atoms with Crippen molar-refractivity contribution in [2.24, 2.45) is 0 Å². The zero-order chi connectivity index (χ0) is 18.6. The van der Waals surface area contributed by atoms with E-state index < -0.39 is 23.0 Å². The molecule has 0 atom stereocenters. The maximum absolute atomic E-state index is 13.5. The number of rotatable bonds is 5. The largest absolute Gasteiger partial charge is 0.371 e. The lowest BCUT2D eigenvalue weighted by Gasteiger charge is -2.38. The highest BCUT2D eigenvalue weighted by atomic mass is 19.2. The van der Waals surface area contributed by atoms with Crippen LogP contribution in [0.3, 0.4) is 0 Å². The summed E-state index contributed by atoms with van der Waals surface area (Å²) >= 11 is 0. The Labute approximate surface area is 149 Å². The summed E-state index contributed by atoms with van der Waals surface area (Å²) < 4.78 is 40.2. The van der Waals surface area contributed by atoms with Crippen LogP contribution in [0.5, 0.6) is 0 Å². The molecule has 4 nitrogen and oxygen atoms in total. The van der Waals surface area contributed by atoms with Crippen LogP contribution in [-0.2, 0) is 11.3 Å². The van der Waals surface area contributed by atoms with E-state index in [1.54, 1.807) is 0 Å². The third-order valence-corrected chi connectivity index (χ3v) is 4.56. The number of carbonyl (C=O) groups is 1. The quantitative estimate of drug-likeness (QED) is 0.716. The van der Waals surface area contributed by atoms with Crippen molar-refractivity contribution >= 4 is 11.6 Å². The van der Waals surface area contributed by atoms with Crippen LogP contribution in [0.4, 0.5) is 18.9 Å². The summed E-state index contributed by atoms with van der Waals surface area (Å²) in [6, 6.07) is 11.2. The molecule has 0 radical (unpaired) electrons. The molecule has 0 saturated carbocycles. The Morgan fingerprint density at radius 2 is 1.65 bits per heavy atom. The summed E-state index contributed by atoms with van der Waals surface area (Å²) in [5.74, 6) is -4.36. The van der Waals surface area contributed by atoms with Crippen molar-refractivity contribution in [3.63, 3.8) is 0 Å². The average molecular weight is 363 g/mol. The Hall–Kier alpha value is -2.54. The zero-order valence-corrected chi connectivity index (χ0v) is 14.1. The molecule has 1 aliphatic rings. The Bertz CT molecular complexity index is 754. The van der Waals surface area contributed by atoms with Crippen molar-refractivity contribution in [2.75, 3.05) is 18.4 Å². The minimum atomic E-state index is -1.52. The van der Waals surface area contributed by atoms with E-state index in [1.165, 1.54) is 0 Å². The summed E-state index contributed by atoms with van der Waals surface area (Å²) in [6.07, 6.45) is 0.877. The van der Waals surface area contributed by atoms with Gasteiger partial charge in [0.05, 0.1) is 0 Å². The molecular formula is C19H20F3N3O. The number of hydrogen-bond acceptors (Lipinski definition) is 3. The number of anilines is 1. The Balaban J connectivity index is 1.78. The molecule has 1 aliphatic heterocycles. The fourth-order valence-electron chi connectivity index (χ4n) is 3.11. The molecule has 0 unspecified atom stereocenters. The maximum atomic E-state index is 13.5. The first-order valence-electron chi connectivity index (χ1n) is 8.46. The molecule has 1 amide bonds. The van der Waals surface area contributed by atoms with Gasteiger partial charge in [-0.25, -0.2) is 13.2 Å². The molecule has 2 aromatic carbocycles. The number of benzene rings is 2. The highest BCUT2D eigenvalue weighted by molar-refractivity contribution is 5.89. The number of hydrogen-bond donors (Lipinski definition) is 3. The van der Waals surface area contributed by atoms with Gasteiger partial charge in [-0.1, -0.05) is 30.3 Å². The van der Waals surface area contributed by atoms with Gasteiger partial charge < -0.3 is 16.0 Å². The summed E-state index contributed by atoms with van der Waals surface area (Å²) in [4.78, 5) is 12.9. The second-order valence-corrected chi connectivity index (χ2v) is 6.38. The minimum absolute atomic E-state index is 0.0400. The number of amides is 1. The second kappa shape index (κ2) is 7.78. The molecule has 26 heavy (non-hydrogen) atoms. The second-order valence-electron chi connectivity index (χ2n) is 6.38. The summed E-state index contributed by atoms with van der Waals surface area (Å²) in [5, 5.41) is 8.98. The first-order valence-corrected chi connectivity index (χ1v) is 8.46. The van der Waals surface area contributed by atoms with Crippen LogP contribution in [0.1, 0.15) is 18.4 Å². The summed E-state index contributed by atoms with van der Waals surface area (Å²) in [7, 11) is 0. The van der Waals surface area contributed by atoms with Gasteiger partial charge in [0.1, 0.15) is 5.54 Å². The van der Waals surface area contributed by atoms with Crippen LogP contribution in [0.25, 0.3) is 0 Å². The van der Waals surface area contributed by atoms with Gasteiger partial charge in [0.25, 0.3) is 0 Å². The number of nitrogens with one attached hydrogen (secondary N) is 3. The Kier molecular flexibility index (Phi) is 5.46. The lowest BCUT2D eigenvalue weighted by Crippen LogP contribution is -2.57. The standard InChI is InChI=1S/C19H20F3N3O/c20-15-10-14(11-16(21)17(15)22)25-19(6-8-23-9-7-19)18(26)24-12-13-4-2-1-3-5-13/h1-5,10-11,23,25H,6-9,12H2,(H,24,26). The van der Waals surface area contributed by atoms with E-state index in [2.05, 4.69) is 16.0 Å². The molecular weight excluding hydrogens is 343 g/mol. The van der Waals surface area contributed by atoms with Crippen LogP contribution in [0.15, 0.2) is 42.5 Å². The summed E-state index contributed by atoms with van der Waals surface area (Å²) in [5.41, 5.74) is -0.0292. The fraction of sp³-hybridized carbons (Fsp3) is 0.316. The SMILES string of the molecule is O=C(NCc1ccccc1)C1(Nc2cc(F)c(F)c(F)c2)CCNCC1. The summed E-state index contributed by atoms with van der Waals surface area (Å²) in [6.45, 7) is 1.51. The lowest BCUT2D eigenvalue weighted by molar-refractivity contribution is -0.126. The highest BCUT2D eigenvalue weighted by Gasteiger charge is 2.39. The molecule has 0 aromatic heterocycles. The molecule has 2 aromatic rings. The predicted molar refractivity (Wildman–Crippen MR) is 93.1 cm³/mol. The van der Waals surface area contributed by atoms with Crippen molar-refractivity contribution in [3.05, 3.63) is 65.5 Å². The first-order chi connectivity index (χ1) is 12.5. The highest BCUT2D eigenvalue weighted by Crippen LogP contribution is 2.27. The smallest absolute Gasteiger partial charge is 0.246 e. The predicted octanol–water partition coefficient (Wildman–Crippen LogP) is 2.95. The topological polar surface area (TPSA) is 53.2 Å². The van der Waals surface area contributed by atoms with E-state index >= 15 is 0 Å². The van der Waals surface area contributed by atoms with Crippen LogP contribution >= 0.6 is 0 Å². The Morgan fingerprint density at radius 3 is 2.27 bits per heavy atom. The van der Waals surface area contributed by atoms with E-state index in [-0.39, 0.29) is 11.6 Å². The van der Waals surface area contributed by atoms with E-state index in [0.717, 1.165) is 17.7 Å². The van der Waals surface area contributed by atoms with Crippen LogP contribution in [0, 0.1) is 17.5 Å². The third kappa shape index (κ3) is 3.99. The molecule has 1 saturated heterocycles. The van der Waals surface area contributed by atoms with Gasteiger partial charge in [0, 0.05) is 24.4 Å². The van der Waals surface area contributed by atoms with Crippen LogP contribution in [-0.4, -0.2) is 24.5 Å². The monoisotopic (exact) mass is 363 g/mol. The molecule has 0 bridgehead atoms. The van der Waals surface area contributed by atoms with E-state index in [4.69, 9.17) is 0 Å². The van der Waals surface area contributed by atoms with Crippen LogP contribution in [0.2, 0.25) is 0 Å².